The van der Waals surface area contributed by atoms with Gasteiger partial charge >= 0.3 is 0 Å². The van der Waals surface area contributed by atoms with E-state index in [1.54, 1.807) is 6.07 Å². The Hall–Kier alpha value is -3.16. The van der Waals surface area contributed by atoms with Gasteiger partial charge in [0.25, 0.3) is 0 Å². The number of nitrogens with zero attached hydrogens (tertiary/aromatic N) is 2. The van der Waals surface area contributed by atoms with Crippen molar-refractivity contribution in [1.82, 2.24) is 9.97 Å². The summed E-state index contributed by atoms with van der Waals surface area (Å²) in [6.45, 7) is 14.1. The number of carbonyl (C=O) groups is 1. The van der Waals surface area contributed by atoms with Crippen LogP contribution in [0.4, 0.5) is 17.6 Å². The molecule has 0 amide bonds. The molecule has 44 heavy (non-hydrogen) atoms. The van der Waals surface area contributed by atoms with Gasteiger partial charge in [0.05, 0.1) is 5.76 Å². The largest absolute Gasteiger partial charge is 0.512 e. The van der Waals surface area contributed by atoms with Gasteiger partial charge in [0.15, 0.2) is 29.1 Å². The molecule has 0 atom stereocenters. The molecule has 4 nitrogen and oxygen atoms in total. The zero-order valence-electron chi connectivity index (χ0n) is 26.1. The maximum atomic E-state index is 14.6. The number of aromatic nitrogens is 2. The smallest absolute Gasteiger partial charge is 0.199 e. The van der Waals surface area contributed by atoms with Crippen molar-refractivity contribution in [3.05, 3.63) is 83.4 Å². The van der Waals surface area contributed by atoms with E-state index in [4.69, 9.17) is 0 Å². The Morgan fingerprint density at radius 3 is 2.02 bits per heavy atom. The Balaban J connectivity index is 0.000000363. The summed E-state index contributed by atoms with van der Waals surface area (Å²) in [6, 6.07) is 12.4. The number of fused-ring (bicyclic) bond motifs is 2. The fourth-order valence-electron chi connectivity index (χ4n) is 5.13. The van der Waals surface area contributed by atoms with Crippen LogP contribution in [0.3, 0.4) is 0 Å². The van der Waals surface area contributed by atoms with Crippen molar-refractivity contribution < 1.29 is 47.6 Å². The van der Waals surface area contributed by atoms with Crippen LogP contribution in [0.15, 0.2) is 48.5 Å². The van der Waals surface area contributed by atoms with Crippen LogP contribution in [0.2, 0.25) is 0 Å². The molecule has 0 unspecified atom stereocenters. The molecular formula is C35H39F4IrN2O2-. The number of hydrogen-bond donors (Lipinski definition) is 1. The third-order valence-corrected chi connectivity index (χ3v) is 7.77. The third kappa shape index (κ3) is 7.91. The second kappa shape index (κ2) is 15.7. The van der Waals surface area contributed by atoms with Crippen LogP contribution in [0, 0.1) is 41.2 Å². The van der Waals surface area contributed by atoms with Gasteiger partial charge < -0.3 is 5.11 Å². The van der Waals surface area contributed by atoms with Gasteiger partial charge in [-0.2, -0.15) is 0 Å². The first-order valence-corrected chi connectivity index (χ1v) is 14.7. The average molecular weight is 788 g/mol. The molecule has 0 bridgehead atoms. The van der Waals surface area contributed by atoms with Crippen LogP contribution in [0.25, 0.3) is 32.9 Å². The molecule has 0 aliphatic heterocycles. The summed E-state index contributed by atoms with van der Waals surface area (Å²) in [4.78, 5) is 19.4. The van der Waals surface area contributed by atoms with E-state index >= 15 is 0 Å². The van der Waals surface area contributed by atoms with E-state index in [-0.39, 0.29) is 54.6 Å². The third-order valence-electron chi connectivity index (χ3n) is 7.77. The van der Waals surface area contributed by atoms with E-state index in [0.29, 0.717) is 5.56 Å². The minimum atomic E-state index is -1.90. The molecule has 4 aromatic rings. The number of allylic oxidation sites excluding steroid dienone is 2. The van der Waals surface area contributed by atoms with Gasteiger partial charge in [-0.3, -0.25) is 9.78 Å². The standard InChI is InChI=1S/C22H15F4N2.C13H24O2.Ir/c1-22(2,3)14-9-12(8-11-6-4-5-7-13(11)14)20-15-16(23)17(24)18(25)19(26)21(15)28-10-27-20;1-5-10(6-2)12(14)9-13(15)11(7-3)8-4;/h4-7,9-10H,1-3H3;9-11,14H,5-8H2,1-4H3;/q-1;;/b;12-9-;. The molecular weight excluding hydrogens is 749 g/mol. The fourth-order valence-corrected chi connectivity index (χ4v) is 5.13. The molecule has 3 aromatic carbocycles. The quantitative estimate of drug-likeness (QED) is 0.0483. The Bertz CT molecular complexity index is 1640. The number of ketones is 1. The number of hydrogen-bond acceptors (Lipinski definition) is 4. The van der Waals surface area contributed by atoms with E-state index in [0.717, 1.165) is 48.3 Å². The van der Waals surface area contributed by atoms with Crippen LogP contribution >= 0.6 is 0 Å². The zero-order valence-corrected chi connectivity index (χ0v) is 28.5. The molecule has 0 saturated heterocycles. The summed E-state index contributed by atoms with van der Waals surface area (Å²) in [5, 5.41) is 11.0. The van der Waals surface area contributed by atoms with Crippen molar-refractivity contribution in [2.75, 3.05) is 0 Å². The van der Waals surface area contributed by atoms with E-state index in [2.05, 4.69) is 16.0 Å². The van der Waals surface area contributed by atoms with Gasteiger partial charge in [-0.25, -0.2) is 22.5 Å². The Kier molecular flexibility index (Phi) is 13.2. The van der Waals surface area contributed by atoms with Gasteiger partial charge in [-0.1, -0.05) is 77.6 Å². The molecule has 1 radical (unpaired) electrons. The van der Waals surface area contributed by atoms with E-state index in [9.17, 15) is 27.5 Å². The van der Waals surface area contributed by atoms with Gasteiger partial charge in [0.2, 0.25) is 0 Å². The van der Waals surface area contributed by atoms with E-state index in [1.807, 2.05) is 72.7 Å². The molecule has 0 fully saturated rings. The molecule has 1 N–H and O–H groups in total. The maximum absolute atomic E-state index is 14.6. The molecule has 239 valence electrons. The Morgan fingerprint density at radius 1 is 0.886 bits per heavy atom. The monoisotopic (exact) mass is 788 g/mol. The molecule has 0 aliphatic rings. The van der Waals surface area contributed by atoms with E-state index in [1.165, 1.54) is 6.08 Å². The van der Waals surface area contributed by atoms with Crippen LogP contribution < -0.4 is 0 Å². The van der Waals surface area contributed by atoms with Crippen LogP contribution in [-0.2, 0) is 30.3 Å². The normalized spacial score (nSPS) is 12.0. The average Bonchev–Trinajstić information content (AvgIpc) is 2.99. The topological polar surface area (TPSA) is 63.1 Å². The predicted molar refractivity (Wildman–Crippen MR) is 164 cm³/mol. The number of rotatable bonds is 8. The molecule has 1 aromatic heterocycles. The van der Waals surface area contributed by atoms with Gasteiger partial charge in [0, 0.05) is 49.1 Å². The summed E-state index contributed by atoms with van der Waals surface area (Å²) in [5.41, 5.74) is 0.359. The van der Waals surface area contributed by atoms with Crippen molar-refractivity contribution in [3.63, 3.8) is 0 Å². The van der Waals surface area contributed by atoms with Crippen LogP contribution in [0.1, 0.15) is 79.7 Å². The van der Waals surface area contributed by atoms with Gasteiger partial charge in [-0.15, -0.1) is 29.1 Å². The van der Waals surface area contributed by atoms with E-state index < -0.39 is 34.2 Å². The number of aliphatic hydroxyl groups excluding tert-OH is 1. The maximum Gasteiger partial charge on any atom is 0.199 e. The zero-order chi connectivity index (χ0) is 32.1. The molecule has 4 rings (SSSR count). The molecule has 0 saturated carbocycles. The number of benzene rings is 3. The summed E-state index contributed by atoms with van der Waals surface area (Å²) >= 11 is 0. The first-order valence-electron chi connectivity index (χ1n) is 14.7. The molecule has 9 heteroatoms. The first-order chi connectivity index (χ1) is 20.3. The van der Waals surface area contributed by atoms with Crippen LogP contribution in [-0.4, -0.2) is 20.9 Å². The first kappa shape index (κ1) is 37.0. The van der Waals surface area contributed by atoms with Gasteiger partial charge in [0.1, 0.15) is 11.8 Å². The summed E-state index contributed by atoms with van der Waals surface area (Å²) in [5.74, 6) is -6.31. The molecule has 1 heterocycles. The second-order valence-electron chi connectivity index (χ2n) is 11.6. The van der Waals surface area contributed by atoms with Gasteiger partial charge in [-0.05, 0) is 31.1 Å². The Labute approximate surface area is 270 Å². The molecule has 0 spiro atoms. The number of carbonyl (C=O) groups excluding carboxylic acids is 1. The number of halogens is 4. The van der Waals surface area contributed by atoms with Crippen LogP contribution in [0.5, 0.6) is 0 Å². The summed E-state index contributed by atoms with van der Waals surface area (Å²) in [6.07, 6.45) is 5.90. The predicted octanol–water partition coefficient (Wildman–Crippen LogP) is 9.97. The van der Waals surface area contributed by atoms with Crippen molar-refractivity contribution in [2.45, 2.75) is 79.6 Å². The van der Waals surface area contributed by atoms with Crippen molar-refractivity contribution in [1.29, 1.82) is 0 Å². The van der Waals surface area contributed by atoms with Crippen molar-refractivity contribution >= 4 is 27.5 Å². The number of aliphatic hydroxyl groups is 1. The van der Waals surface area contributed by atoms with Crippen molar-refractivity contribution in [3.8, 4) is 11.3 Å². The minimum Gasteiger partial charge on any atom is -0.512 e. The summed E-state index contributed by atoms with van der Waals surface area (Å²) in [7, 11) is 0. The Morgan fingerprint density at radius 2 is 1.45 bits per heavy atom. The minimum absolute atomic E-state index is 0. The SMILES string of the molecule is CC(C)(C)c1cc(-c2ncnc3c(F)c(F)c(F)c(F)c23)[c-]c2ccccc12.CCC(CC)C(=O)/C=C(\O)C(CC)CC.[Ir]. The second-order valence-corrected chi connectivity index (χ2v) is 11.6. The van der Waals surface area contributed by atoms with Crippen molar-refractivity contribution in [2.24, 2.45) is 11.8 Å². The molecule has 0 aliphatic carbocycles. The fraction of sp³-hybridized carbons (Fsp3) is 0.400. The summed E-state index contributed by atoms with van der Waals surface area (Å²) < 4.78 is 56.2.